The number of rotatable bonds is 4. The van der Waals surface area contributed by atoms with Crippen molar-refractivity contribution in [2.75, 3.05) is 6.54 Å². The average molecular weight is 283 g/mol. The quantitative estimate of drug-likeness (QED) is 0.681. The highest BCUT2D eigenvalue weighted by molar-refractivity contribution is 6.33. The lowest BCUT2D eigenvalue weighted by Gasteiger charge is -2.10. The molecule has 0 saturated heterocycles. The SMILES string of the molecule is O=C(NCC1CCCC1)c1cccc(Cl)c1[N+](=O)[O-]. The second kappa shape index (κ2) is 6.02. The summed E-state index contributed by atoms with van der Waals surface area (Å²) >= 11 is 5.77. The number of hydrogen-bond acceptors (Lipinski definition) is 3. The number of benzene rings is 1. The molecule has 6 heteroatoms. The molecule has 102 valence electrons. The number of halogens is 1. The Labute approximate surface area is 116 Å². The van der Waals surface area contributed by atoms with Gasteiger partial charge in [0.1, 0.15) is 10.6 Å². The highest BCUT2D eigenvalue weighted by atomic mass is 35.5. The van der Waals surface area contributed by atoms with Gasteiger partial charge >= 0.3 is 5.69 Å². The van der Waals surface area contributed by atoms with Crippen molar-refractivity contribution >= 4 is 23.2 Å². The molecule has 1 aromatic carbocycles. The van der Waals surface area contributed by atoms with Gasteiger partial charge in [-0.1, -0.05) is 30.5 Å². The lowest BCUT2D eigenvalue weighted by Crippen LogP contribution is -2.28. The fraction of sp³-hybridized carbons (Fsp3) is 0.462. The third-order valence-corrected chi connectivity index (χ3v) is 3.75. The lowest BCUT2D eigenvalue weighted by molar-refractivity contribution is -0.385. The van der Waals surface area contributed by atoms with Crippen LogP contribution in [0.5, 0.6) is 0 Å². The van der Waals surface area contributed by atoms with Crippen LogP contribution in [0.1, 0.15) is 36.0 Å². The van der Waals surface area contributed by atoms with Crippen LogP contribution in [0.4, 0.5) is 5.69 Å². The van der Waals surface area contributed by atoms with Gasteiger partial charge in [-0.05, 0) is 30.9 Å². The van der Waals surface area contributed by atoms with E-state index in [4.69, 9.17) is 11.6 Å². The van der Waals surface area contributed by atoms with Crippen molar-refractivity contribution in [1.29, 1.82) is 0 Å². The van der Waals surface area contributed by atoms with Gasteiger partial charge in [0.05, 0.1) is 4.92 Å². The summed E-state index contributed by atoms with van der Waals surface area (Å²) in [4.78, 5) is 22.3. The minimum atomic E-state index is -0.618. The molecule has 19 heavy (non-hydrogen) atoms. The molecule has 0 bridgehead atoms. The number of para-hydroxylation sites is 1. The molecule has 0 unspecified atom stereocenters. The molecule has 2 rings (SSSR count). The monoisotopic (exact) mass is 282 g/mol. The molecule has 0 aromatic heterocycles. The van der Waals surface area contributed by atoms with Gasteiger partial charge in [-0.2, -0.15) is 0 Å². The maximum absolute atomic E-state index is 12.0. The van der Waals surface area contributed by atoms with Gasteiger partial charge in [0.2, 0.25) is 0 Å². The van der Waals surface area contributed by atoms with Gasteiger partial charge in [0.15, 0.2) is 0 Å². The average Bonchev–Trinajstić information content (AvgIpc) is 2.88. The Kier molecular flexibility index (Phi) is 4.37. The predicted molar refractivity (Wildman–Crippen MR) is 72.4 cm³/mol. The first-order chi connectivity index (χ1) is 9.09. The smallest absolute Gasteiger partial charge is 0.300 e. The molecule has 1 aliphatic carbocycles. The first-order valence-electron chi connectivity index (χ1n) is 6.30. The largest absolute Gasteiger partial charge is 0.352 e. The fourth-order valence-corrected chi connectivity index (χ4v) is 2.67. The molecule has 1 aliphatic rings. The van der Waals surface area contributed by atoms with Gasteiger partial charge in [0.25, 0.3) is 5.91 Å². The number of nitrogens with one attached hydrogen (secondary N) is 1. The van der Waals surface area contributed by atoms with E-state index in [1.54, 1.807) is 6.07 Å². The molecule has 1 amide bonds. The molecule has 0 radical (unpaired) electrons. The number of nitro benzene ring substituents is 1. The van der Waals surface area contributed by atoms with Gasteiger partial charge in [-0.3, -0.25) is 14.9 Å². The Morgan fingerprint density at radius 3 is 2.74 bits per heavy atom. The maximum Gasteiger partial charge on any atom is 0.300 e. The van der Waals surface area contributed by atoms with Crippen LogP contribution in [0.2, 0.25) is 5.02 Å². The highest BCUT2D eigenvalue weighted by Crippen LogP contribution is 2.28. The molecule has 1 aromatic rings. The summed E-state index contributed by atoms with van der Waals surface area (Å²) in [6, 6.07) is 4.38. The van der Waals surface area contributed by atoms with Crippen LogP contribution in [0, 0.1) is 16.0 Å². The molecule has 5 nitrogen and oxygen atoms in total. The van der Waals surface area contributed by atoms with E-state index in [0.29, 0.717) is 12.5 Å². The molecule has 0 atom stereocenters. The number of hydrogen-bond donors (Lipinski definition) is 1. The Balaban J connectivity index is 2.10. The fourth-order valence-electron chi connectivity index (χ4n) is 2.43. The van der Waals surface area contributed by atoms with Crippen LogP contribution in [0.25, 0.3) is 0 Å². The summed E-state index contributed by atoms with van der Waals surface area (Å²) in [6.45, 7) is 0.572. The van der Waals surface area contributed by atoms with Crippen molar-refractivity contribution in [3.05, 3.63) is 38.9 Å². The summed E-state index contributed by atoms with van der Waals surface area (Å²) in [5.41, 5.74) is -0.302. The van der Waals surface area contributed by atoms with E-state index in [1.165, 1.54) is 25.0 Å². The Hall–Kier alpha value is -1.62. The molecule has 0 heterocycles. The summed E-state index contributed by atoms with van der Waals surface area (Å²) in [5.74, 6) is 0.0586. The van der Waals surface area contributed by atoms with E-state index in [0.717, 1.165) is 12.8 Å². The molecule has 1 N–H and O–H groups in total. The van der Waals surface area contributed by atoms with E-state index in [2.05, 4.69) is 5.32 Å². The second-order valence-corrected chi connectivity index (χ2v) is 5.16. The van der Waals surface area contributed by atoms with E-state index in [9.17, 15) is 14.9 Å². The van der Waals surface area contributed by atoms with Crippen molar-refractivity contribution in [1.82, 2.24) is 5.32 Å². The van der Waals surface area contributed by atoms with Crippen molar-refractivity contribution < 1.29 is 9.72 Å². The standard InChI is InChI=1S/C13H15ClN2O3/c14-11-7-3-6-10(12(11)16(18)19)13(17)15-8-9-4-1-2-5-9/h3,6-7,9H,1-2,4-5,8H2,(H,15,17). The minimum absolute atomic E-state index is 0.0153. The van der Waals surface area contributed by atoms with Crippen molar-refractivity contribution in [2.24, 2.45) is 5.92 Å². The minimum Gasteiger partial charge on any atom is -0.352 e. The number of carbonyl (C=O) groups is 1. The third kappa shape index (κ3) is 3.23. The zero-order valence-corrected chi connectivity index (χ0v) is 11.2. The summed E-state index contributed by atoms with van der Waals surface area (Å²) in [5, 5.41) is 13.7. The van der Waals surface area contributed by atoms with Crippen LogP contribution < -0.4 is 5.32 Å². The molecule has 0 spiro atoms. The first-order valence-corrected chi connectivity index (χ1v) is 6.68. The van der Waals surface area contributed by atoms with E-state index in [-0.39, 0.29) is 16.3 Å². The van der Waals surface area contributed by atoms with Gasteiger partial charge in [0, 0.05) is 6.54 Å². The van der Waals surface area contributed by atoms with Crippen molar-refractivity contribution in [3.63, 3.8) is 0 Å². The topological polar surface area (TPSA) is 72.2 Å². The summed E-state index contributed by atoms with van der Waals surface area (Å²) in [7, 11) is 0. The first kappa shape index (κ1) is 13.8. The number of amides is 1. The van der Waals surface area contributed by atoms with Crippen LogP contribution in [-0.2, 0) is 0 Å². The molecule has 1 fully saturated rings. The third-order valence-electron chi connectivity index (χ3n) is 3.44. The van der Waals surface area contributed by atoms with Crippen molar-refractivity contribution in [3.8, 4) is 0 Å². The second-order valence-electron chi connectivity index (χ2n) is 4.75. The summed E-state index contributed by atoms with van der Waals surface area (Å²) in [6.07, 6.45) is 4.60. The number of nitrogens with zero attached hydrogens (tertiary/aromatic N) is 1. The van der Waals surface area contributed by atoms with E-state index in [1.807, 2.05) is 0 Å². The molecular weight excluding hydrogens is 268 g/mol. The number of carbonyl (C=O) groups excluding carboxylic acids is 1. The normalized spacial score (nSPS) is 15.4. The van der Waals surface area contributed by atoms with E-state index >= 15 is 0 Å². The van der Waals surface area contributed by atoms with Crippen LogP contribution >= 0.6 is 11.6 Å². The predicted octanol–water partition coefficient (Wildman–Crippen LogP) is 3.17. The Bertz CT molecular complexity index is 499. The number of nitro groups is 1. The van der Waals surface area contributed by atoms with E-state index < -0.39 is 10.8 Å². The Morgan fingerprint density at radius 1 is 1.42 bits per heavy atom. The molecule has 1 saturated carbocycles. The molecular formula is C13H15ClN2O3. The van der Waals surface area contributed by atoms with Crippen LogP contribution in [0.3, 0.4) is 0 Å². The highest BCUT2D eigenvalue weighted by Gasteiger charge is 2.24. The maximum atomic E-state index is 12.0. The zero-order valence-electron chi connectivity index (χ0n) is 10.4. The van der Waals surface area contributed by atoms with Crippen LogP contribution in [-0.4, -0.2) is 17.4 Å². The molecule has 0 aliphatic heterocycles. The van der Waals surface area contributed by atoms with Gasteiger partial charge in [-0.15, -0.1) is 0 Å². The van der Waals surface area contributed by atoms with Crippen LogP contribution in [0.15, 0.2) is 18.2 Å². The van der Waals surface area contributed by atoms with Gasteiger partial charge < -0.3 is 5.32 Å². The lowest BCUT2D eigenvalue weighted by atomic mass is 10.1. The zero-order chi connectivity index (χ0) is 13.8. The Morgan fingerprint density at radius 2 is 2.11 bits per heavy atom. The van der Waals surface area contributed by atoms with Crippen molar-refractivity contribution in [2.45, 2.75) is 25.7 Å². The summed E-state index contributed by atoms with van der Waals surface area (Å²) < 4.78 is 0. The van der Waals surface area contributed by atoms with Gasteiger partial charge in [-0.25, -0.2) is 0 Å².